The normalized spacial score (nSPS) is 15.9. The van der Waals surface area contributed by atoms with Crippen molar-refractivity contribution in [1.29, 1.82) is 0 Å². The van der Waals surface area contributed by atoms with Crippen LogP contribution in [0.3, 0.4) is 0 Å². The number of ether oxygens (including phenoxy) is 1. The Hall–Kier alpha value is -2.78. The molecule has 0 saturated carbocycles. The lowest BCUT2D eigenvalue weighted by molar-refractivity contribution is -0.143. The maximum atomic E-state index is 13.4. The van der Waals surface area contributed by atoms with E-state index < -0.39 is 29.5 Å². The third-order valence-electron chi connectivity index (χ3n) is 5.79. The smallest absolute Gasteiger partial charge is 0.416 e. The SMILES string of the molecule is CC(c1cc(C(F)(F)F)cc(C(F)(F)F)c1)N1CCOc2nccc(-c3ccc(Cl)cc3)c2C1. The molecule has 1 aromatic heterocycles. The maximum Gasteiger partial charge on any atom is 0.416 e. The molecule has 0 aliphatic carbocycles. The zero-order valence-electron chi connectivity index (χ0n) is 17.8. The quantitative estimate of drug-likeness (QED) is 0.350. The molecule has 1 aliphatic rings. The van der Waals surface area contributed by atoms with E-state index in [-0.39, 0.29) is 31.3 Å². The Morgan fingerprint density at radius 1 is 0.941 bits per heavy atom. The van der Waals surface area contributed by atoms with Crippen LogP contribution < -0.4 is 4.74 Å². The number of alkyl halides is 6. The van der Waals surface area contributed by atoms with Crippen molar-refractivity contribution in [2.45, 2.75) is 31.9 Å². The van der Waals surface area contributed by atoms with Gasteiger partial charge in [-0.1, -0.05) is 23.7 Å². The number of hydrogen-bond acceptors (Lipinski definition) is 3. The number of hydrogen-bond donors (Lipinski definition) is 0. The number of benzene rings is 2. The highest BCUT2D eigenvalue weighted by Crippen LogP contribution is 2.40. The molecule has 0 bridgehead atoms. The van der Waals surface area contributed by atoms with E-state index in [1.807, 2.05) is 12.1 Å². The molecule has 1 aliphatic heterocycles. The number of fused-ring (bicyclic) bond motifs is 1. The lowest BCUT2D eigenvalue weighted by Gasteiger charge is -2.29. The summed E-state index contributed by atoms with van der Waals surface area (Å²) in [5, 5.41) is 0.556. The molecule has 0 fully saturated rings. The van der Waals surface area contributed by atoms with Gasteiger partial charge >= 0.3 is 12.4 Å². The second-order valence-electron chi connectivity index (χ2n) is 7.98. The molecule has 0 saturated heterocycles. The Morgan fingerprint density at radius 3 is 2.15 bits per heavy atom. The lowest BCUT2D eigenvalue weighted by atomic mass is 9.97. The first-order chi connectivity index (χ1) is 15.9. The minimum absolute atomic E-state index is 0.0810. The van der Waals surface area contributed by atoms with Gasteiger partial charge < -0.3 is 4.74 Å². The van der Waals surface area contributed by atoms with Crippen molar-refractivity contribution in [1.82, 2.24) is 9.88 Å². The van der Waals surface area contributed by atoms with E-state index in [0.717, 1.165) is 23.3 Å². The van der Waals surface area contributed by atoms with Crippen LogP contribution in [0.4, 0.5) is 26.3 Å². The van der Waals surface area contributed by atoms with Crippen LogP contribution in [0.5, 0.6) is 5.88 Å². The summed E-state index contributed by atoms with van der Waals surface area (Å²) < 4.78 is 85.9. The number of nitrogens with zero attached hydrogens (tertiary/aromatic N) is 2. The first-order valence-electron chi connectivity index (χ1n) is 10.3. The van der Waals surface area contributed by atoms with E-state index in [9.17, 15) is 26.3 Å². The van der Waals surface area contributed by atoms with Gasteiger partial charge in [0, 0.05) is 35.9 Å². The highest BCUT2D eigenvalue weighted by molar-refractivity contribution is 6.30. The first-order valence-corrected chi connectivity index (χ1v) is 10.7. The summed E-state index contributed by atoms with van der Waals surface area (Å²) >= 11 is 5.99. The van der Waals surface area contributed by atoms with E-state index in [1.165, 1.54) is 0 Å². The molecular weight excluding hydrogens is 482 g/mol. The van der Waals surface area contributed by atoms with Crippen molar-refractivity contribution in [2.24, 2.45) is 0 Å². The van der Waals surface area contributed by atoms with Gasteiger partial charge in [-0.3, -0.25) is 4.90 Å². The first kappa shape index (κ1) is 24.3. The lowest BCUT2D eigenvalue weighted by Crippen LogP contribution is -2.29. The number of halogens is 7. The zero-order chi connectivity index (χ0) is 24.7. The van der Waals surface area contributed by atoms with Gasteiger partial charge in [0.25, 0.3) is 0 Å². The van der Waals surface area contributed by atoms with Crippen LogP contribution in [0.2, 0.25) is 5.02 Å². The van der Waals surface area contributed by atoms with Crippen LogP contribution in [0.25, 0.3) is 11.1 Å². The van der Waals surface area contributed by atoms with Crippen molar-refractivity contribution in [2.75, 3.05) is 13.2 Å². The summed E-state index contributed by atoms with van der Waals surface area (Å²) in [7, 11) is 0. The molecule has 180 valence electrons. The third-order valence-corrected chi connectivity index (χ3v) is 6.04. The van der Waals surface area contributed by atoms with Crippen molar-refractivity contribution in [3.05, 3.63) is 82.0 Å². The van der Waals surface area contributed by atoms with Gasteiger partial charge in [0.15, 0.2) is 0 Å². The van der Waals surface area contributed by atoms with Crippen LogP contribution in [-0.4, -0.2) is 23.0 Å². The average molecular weight is 501 g/mol. The molecule has 2 heterocycles. The predicted octanol–water partition coefficient (Wildman–Crippen LogP) is 7.40. The molecule has 1 unspecified atom stereocenters. The fourth-order valence-electron chi connectivity index (χ4n) is 3.95. The van der Waals surface area contributed by atoms with Crippen molar-refractivity contribution < 1.29 is 31.1 Å². The number of pyridine rings is 1. The fourth-order valence-corrected chi connectivity index (χ4v) is 4.08. The summed E-state index contributed by atoms with van der Waals surface area (Å²) in [5.41, 5.74) is -0.432. The summed E-state index contributed by atoms with van der Waals surface area (Å²) in [6.45, 7) is 2.27. The zero-order valence-corrected chi connectivity index (χ0v) is 18.6. The largest absolute Gasteiger partial charge is 0.476 e. The van der Waals surface area contributed by atoms with Gasteiger partial charge in [0.1, 0.15) is 6.61 Å². The van der Waals surface area contributed by atoms with Crippen molar-refractivity contribution in [3.63, 3.8) is 0 Å². The minimum Gasteiger partial charge on any atom is -0.476 e. The topological polar surface area (TPSA) is 25.4 Å². The second-order valence-corrected chi connectivity index (χ2v) is 8.42. The third kappa shape index (κ3) is 5.15. The predicted molar refractivity (Wildman–Crippen MR) is 115 cm³/mol. The Kier molecular flexibility index (Phi) is 6.52. The van der Waals surface area contributed by atoms with Crippen molar-refractivity contribution in [3.8, 4) is 17.0 Å². The average Bonchev–Trinajstić information content (AvgIpc) is 3.00. The summed E-state index contributed by atoms with van der Waals surface area (Å²) in [4.78, 5) is 6.05. The monoisotopic (exact) mass is 500 g/mol. The Bertz CT molecular complexity index is 1150. The van der Waals surface area contributed by atoms with Gasteiger partial charge in [0.2, 0.25) is 5.88 Å². The molecule has 3 aromatic rings. The van der Waals surface area contributed by atoms with E-state index >= 15 is 0 Å². The Morgan fingerprint density at radius 2 is 1.56 bits per heavy atom. The molecule has 0 spiro atoms. The molecule has 2 aromatic carbocycles. The van der Waals surface area contributed by atoms with Crippen LogP contribution in [-0.2, 0) is 18.9 Å². The minimum atomic E-state index is -4.91. The van der Waals surface area contributed by atoms with Crippen LogP contribution >= 0.6 is 11.6 Å². The van der Waals surface area contributed by atoms with Crippen LogP contribution in [0.15, 0.2) is 54.7 Å². The van der Waals surface area contributed by atoms with Gasteiger partial charge in [-0.25, -0.2) is 4.98 Å². The molecule has 10 heteroatoms. The maximum absolute atomic E-state index is 13.4. The molecular formula is C24H19ClF6N2O. The van der Waals surface area contributed by atoms with Crippen molar-refractivity contribution >= 4 is 11.6 Å². The number of rotatable bonds is 3. The summed E-state index contributed by atoms with van der Waals surface area (Å²) in [5.74, 6) is 0.377. The summed E-state index contributed by atoms with van der Waals surface area (Å²) in [6.07, 6.45) is -8.23. The standard InChI is InChI=1S/C24H19ClF6N2O/c1-14(16-10-17(23(26,27)28)12-18(11-16)24(29,30)31)33-8-9-34-22-21(13-33)20(6-7-32-22)15-2-4-19(25)5-3-15/h2-7,10-12,14H,8-9,13H2,1H3. The summed E-state index contributed by atoms with van der Waals surface area (Å²) in [6, 6.07) is 9.80. The highest BCUT2D eigenvalue weighted by Gasteiger charge is 2.38. The molecule has 0 N–H and O–H groups in total. The molecule has 34 heavy (non-hydrogen) atoms. The molecule has 4 rings (SSSR count). The van der Waals surface area contributed by atoms with Gasteiger partial charge in [-0.05, 0) is 60.0 Å². The Labute approximate surface area is 196 Å². The van der Waals surface area contributed by atoms with E-state index in [0.29, 0.717) is 16.5 Å². The Balaban J connectivity index is 1.73. The van der Waals surface area contributed by atoms with Crippen LogP contribution in [0, 0.1) is 0 Å². The highest BCUT2D eigenvalue weighted by atomic mass is 35.5. The molecule has 0 amide bonds. The fraction of sp³-hybridized carbons (Fsp3) is 0.292. The van der Waals surface area contributed by atoms with Gasteiger partial charge in [0.05, 0.1) is 11.1 Å². The second kappa shape index (κ2) is 9.11. The van der Waals surface area contributed by atoms with Gasteiger partial charge in [-0.15, -0.1) is 0 Å². The van der Waals surface area contributed by atoms with E-state index in [1.54, 1.807) is 36.2 Å². The molecule has 0 radical (unpaired) electrons. The molecule has 3 nitrogen and oxygen atoms in total. The van der Waals surface area contributed by atoms with E-state index in [2.05, 4.69) is 4.98 Å². The van der Waals surface area contributed by atoms with E-state index in [4.69, 9.17) is 16.3 Å². The van der Waals surface area contributed by atoms with Gasteiger partial charge in [-0.2, -0.15) is 26.3 Å². The number of aromatic nitrogens is 1. The van der Waals surface area contributed by atoms with Crippen LogP contribution in [0.1, 0.15) is 35.2 Å². The molecule has 1 atom stereocenters.